The van der Waals surface area contributed by atoms with Gasteiger partial charge in [0.05, 0.1) is 6.10 Å². The van der Waals surface area contributed by atoms with Crippen molar-refractivity contribution in [2.75, 3.05) is 13.1 Å². The quantitative estimate of drug-likeness (QED) is 0.896. The maximum absolute atomic E-state index is 13.7. The summed E-state index contributed by atoms with van der Waals surface area (Å²) in [6.45, 7) is 1.59. The molecule has 19 heavy (non-hydrogen) atoms. The number of halogens is 2. The Labute approximate surface area is 110 Å². The van der Waals surface area contributed by atoms with Crippen molar-refractivity contribution in [3.8, 4) is 0 Å². The van der Waals surface area contributed by atoms with E-state index in [-0.39, 0.29) is 18.7 Å². The molecule has 0 aliphatic carbocycles. The minimum absolute atomic E-state index is 0.0607. The smallest absolute Gasteiger partial charge is 0.246 e. The molecule has 0 amide bonds. The van der Waals surface area contributed by atoms with E-state index in [0.717, 1.165) is 10.4 Å². The van der Waals surface area contributed by atoms with Crippen LogP contribution in [0.3, 0.4) is 0 Å². The average molecular weight is 291 g/mol. The fraction of sp³-hybridized carbons (Fsp3) is 0.500. The van der Waals surface area contributed by atoms with Crippen molar-refractivity contribution >= 4 is 10.0 Å². The first-order valence-electron chi connectivity index (χ1n) is 5.96. The molecule has 1 heterocycles. The minimum Gasteiger partial charge on any atom is -0.393 e. The first kappa shape index (κ1) is 14.4. The number of hydrogen-bond acceptors (Lipinski definition) is 3. The van der Waals surface area contributed by atoms with Crippen molar-refractivity contribution in [1.82, 2.24) is 4.31 Å². The monoisotopic (exact) mass is 291 g/mol. The lowest BCUT2D eigenvalue weighted by atomic mass is 10.1. The summed E-state index contributed by atoms with van der Waals surface area (Å²) < 4.78 is 52.7. The van der Waals surface area contributed by atoms with Crippen LogP contribution < -0.4 is 0 Å². The van der Waals surface area contributed by atoms with Crippen molar-refractivity contribution in [1.29, 1.82) is 0 Å². The maximum atomic E-state index is 13.7. The molecule has 1 aliphatic heterocycles. The maximum Gasteiger partial charge on any atom is 0.246 e. The Kier molecular flexibility index (Phi) is 3.89. The number of sulfonamides is 1. The second kappa shape index (κ2) is 5.15. The summed E-state index contributed by atoms with van der Waals surface area (Å²) in [6.07, 6.45) is 0.0655. The SMILES string of the molecule is Cc1cc(F)c(S(=O)(=O)N2CCC(O)CC2)cc1F. The predicted molar refractivity (Wildman–Crippen MR) is 65.1 cm³/mol. The van der Waals surface area contributed by atoms with Gasteiger partial charge in [0.15, 0.2) is 0 Å². The van der Waals surface area contributed by atoms with Crippen LogP contribution in [0.2, 0.25) is 0 Å². The van der Waals surface area contributed by atoms with Crippen LogP contribution in [0, 0.1) is 18.6 Å². The van der Waals surface area contributed by atoms with E-state index in [1.54, 1.807) is 0 Å². The molecule has 0 unspecified atom stereocenters. The molecule has 1 aromatic carbocycles. The van der Waals surface area contributed by atoms with E-state index >= 15 is 0 Å². The highest BCUT2D eigenvalue weighted by atomic mass is 32.2. The van der Waals surface area contributed by atoms with Gasteiger partial charge in [-0.1, -0.05) is 0 Å². The molecule has 0 bridgehead atoms. The molecule has 1 fully saturated rings. The van der Waals surface area contributed by atoms with Crippen LogP contribution in [0.5, 0.6) is 0 Å². The highest BCUT2D eigenvalue weighted by molar-refractivity contribution is 7.89. The summed E-state index contributed by atoms with van der Waals surface area (Å²) in [6, 6.07) is 1.59. The van der Waals surface area contributed by atoms with Crippen molar-refractivity contribution < 1.29 is 22.3 Å². The van der Waals surface area contributed by atoms with Crippen LogP contribution >= 0.6 is 0 Å². The van der Waals surface area contributed by atoms with Gasteiger partial charge in [0.1, 0.15) is 16.5 Å². The van der Waals surface area contributed by atoms with Gasteiger partial charge >= 0.3 is 0 Å². The molecule has 0 radical (unpaired) electrons. The minimum atomic E-state index is -4.05. The van der Waals surface area contributed by atoms with Gasteiger partial charge in [-0.2, -0.15) is 4.31 Å². The molecule has 0 saturated carbocycles. The molecular weight excluding hydrogens is 276 g/mol. The molecule has 106 valence electrons. The van der Waals surface area contributed by atoms with Crippen LogP contribution in [0.1, 0.15) is 18.4 Å². The number of aryl methyl sites for hydroxylation is 1. The van der Waals surface area contributed by atoms with Crippen LogP contribution in [-0.2, 0) is 10.0 Å². The van der Waals surface area contributed by atoms with Gasteiger partial charge < -0.3 is 5.11 Å². The van der Waals surface area contributed by atoms with Crippen LogP contribution in [0.4, 0.5) is 8.78 Å². The molecule has 1 saturated heterocycles. The van der Waals surface area contributed by atoms with Crippen LogP contribution in [0.15, 0.2) is 17.0 Å². The van der Waals surface area contributed by atoms with E-state index in [4.69, 9.17) is 0 Å². The topological polar surface area (TPSA) is 57.6 Å². The molecule has 7 heteroatoms. The van der Waals surface area contributed by atoms with Gasteiger partial charge in [0.25, 0.3) is 0 Å². The fourth-order valence-corrected chi connectivity index (χ4v) is 3.57. The van der Waals surface area contributed by atoms with E-state index in [0.29, 0.717) is 18.9 Å². The van der Waals surface area contributed by atoms with Gasteiger partial charge in [0, 0.05) is 13.1 Å². The number of nitrogens with zero attached hydrogens (tertiary/aromatic N) is 1. The largest absolute Gasteiger partial charge is 0.393 e. The third-order valence-electron chi connectivity index (χ3n) is 3.25. The Hall–Kier alpha value is -1.05. The zero-order chi connectivity index (χ0) is 14.2. The number of piperidine rings is 1. The van der Waals surface area contributed by atoms with Crippen molar-refractivity contribution in [2.24, 2.45) is 0 Å². The third kappa shape index (κ3) is 2.77. The summed E-state index contributed by atoms with van der Waals surface area (Å²) in [4.78, 5) is -0.646. The number of hydrogen-bond donors (Lipinski definition) is 1. The summed E-state index contributed by atoms with van der Waals surface area (Å²) in [5, 5.41) is 9.34. The van der Waals surface area contributed by atoms with Gasteiger partial charge in [-0.25, -0.2) is 17.2 Å². The van der Waals surface area contributed by atoms with Crippen molar-refractivity contribution in [3.05, 3.63) is 29.3 Å². The lowest BCUT2D eigenvalue weighted by Crippen LogP contribution is -2.40. The van der Waals surface area contributed by atoms with Gasteiger partial charge in [-0.15, -0.1) is 0 Å². The van der Waals surface area contributed by atoms with Crippen molar-refractivity contribution in [3.63, 3.8) is 0 Å². The summed E-state index contributed by atoms with van der Waals surface area (Å²) in [5.74, 6) is -1.71. The van der Waals surface area contributed by atoms with Gasteiger partial charge in [-0.3, -0.25) is 0 Å². The summed E-state index contributed by atoms with van der Waals surface area (Å²) in [7, 11) is -4.05. The summed E-state index contributed by atoms with van der Waals surface area (Å²) >= 11 is 0. The average Bonchev–Trinajstić information content (AvgIpc) is 2.34. The van der Waals surface area contributed by atoms with Crippen LogP contribution in [-0.4, -0.2) is 37.0 Å². The Bertz CT molecular complexity index is 581. The van der Waals surface area contributed by atoms with E-state index in [9.17, 15) is 22.3 Å². The van der Waals surface area contributed by atoms with Gasteiger partial charge in [0.2, 0.25) is 10.0 Å². The van der Waals surface area contributed by atoms with E-state index in [2.05, 4.69) is 0 Å². The van der Waals surface area contributed by atoms with E-state index < -0.39 is 32.7 Å². The Morgan fingerprint density at radius 2 is 1.79 bits per heavy atom. The standard InChI is InChI=1S/C12H15F2NO3S/c1-8-6-11(14)12(7-10(8)13)19(17,18)15-4-2-9(16)3-5-15/h6-7,9,16H,2-5H2,1H3. The third-order valence-corrected chi connectivity index (χ3v) is 5.17. The lowest BCUT2D eigenvalue weighted by Gasteiger charge is -2.28. The molecule has 1 aromatic rings. The Balaban J connectivity index is 2.37. The first-order chi connectivity index (χ1) is 8.82. The molecule has 1 aliphatic rings. The fourth-order valence-electron chi connectivity index (χ4n) is 2.05. The number of aliphatic hydroxyl groups is 1. The Morgan fingerprint density at radius 3 is 2.37 bits per heavy atom. The second-order valence-electron chi connectivity index (χ2n) is 4.67. The summed E-state index contributed by atoms with van der Waals surface area (Å²) in [5.41, 5.74) is 0.0607. The number of benzene rings is 1. The molecule has 0 atom stereocenters. The predicted octanol–water partition coefficient (Wildman–Crippen LogP) is 1.42. The van der Waals surface area contributed by atoms with Gasteiger partial charge in [-0.05, 0) is 37.5 Å². The van der Waals surface area contributed by atoms with Crippen LogP contribution in [0.25, 0.3) is 0 Å². The Morgan fingerprint density at radius 1 is 1.21 bits per heavy atom. The molecule has 0 aromatic heterocycles. The number of rotatable bonds is 2. The lowest BCUT2D eigenvalue weighted by molar-refractivity contribution is 0.113. The van der Waals surface area contributed by atoms with Crippen molar-refractivity contribution in [2.45, 2.75) is 30.8 Å². The molecular formula is C12H15F2NO3S. The molecule has 2 rings (SSSR count). The second-order valence-corrected chi connectivity index (χ2v) is 6.57. The normalized spacial score (nSPS) is 18.7. The van der Waals surface area contributed by atoms with E-state index in [1.165, 1.54) is 6.92 Å². The molecule has 4 nitrogen and oxygen atoms in total. The zero-order valence-electron chi connectivity index (χ0n) is 10.4. The highest BCUT2D eigenvalue weighted by Crippen LogP contribution is 2.25. The molecule has 1 N–H and O–H groups in total. The first-order valence-corrected chi connectivity index (χ1v) is 7.40. The van der Waals surface area contributed by atoms with E-state index in [1.807, 2.05) is 0 Å². The number of aliphatic hydroxyl groups excluding tert-OH is 1. The molecule has 0 spiro atoms. The highest BCUT2D eigenvalue weighted by Gasteiger charge is 2.31. The zero-order valence-corrected chi connectivity index (χ0v) is 11.3.